The van der Waals surface area contributed by atoms with Gasteiger partial charge in [-0.3, -0.25) is 0 Å². The summed E-state index contributed by atoms with van der Waals surface area (Å²) in [6.07, 6.45) is -4.63. The molecule has 124 valence electrons. The van der Waals surface area contributed by atoms with Crippen molar-refractivity contribution in [2.24, 2.45) is 0 Å². The molecule has 2 aromatic rings. The van der Waals surface area contributed by atoms with Crippen molar-refractivity contribution < 1.29 is 23.1 Å². The molecule has 0 fully saturated rings. The number of hydrogen-bond donors (Lipinski definition) is 1. The molecule has 0 bridgehead atoms. The maximum absolute atomic E-state index is 13.5. The van der Waals surface area contributed by atoms with Crippen LogP contribution in [0.1, 0.15) is 23.2 Å². The third-order valence-electron chi connectivity index (χ3n) is 3.52. The second kappa shape index (κ2) is 7.59. The highest BCUT2D eigenvalue weighted by atomic mass is 19.4. The third-order valence-corrected chi connectivity index (χ3v) is 3.52. The van der Waals surface area contributed by atoms with E-state index in [1.807, 2.05) is 0 Å². The Morgan fingerprint density at radius 3 is 1.87 bits per heavy atom. The predicted molar refractivity (Wildman–Crippen MR) is 79.9 cm³/mol. The lowest BCUT2D eigenvalue weighted by Gasteiger charge is -2.34. The van der Waals surface area contributed by atoms with Gasteiger partial charge in [0.05, 0.1) is 12.6 Å². The van der Waals surface area contributed by atoms with Gasteiger partial charge in [-0.2, -0.15) is 18.2 Å². The van der Waals surface area contributed by atoms with Crippen molar-refractivity contribution in [2.45, 2.75) is 18.3 Å². The molecule has 0 aliphatic heterocycles. The van der Waals surface area contributed by atoms with Crippen molar-refractivity contribution >= 4 is 0 Å². The fraction of sp³-hybridized carbons (Fsp3) is 0.294. The van der Waals surface area contributed by atoms with E-state index in [1.54, 1.807) is 36.4 Å². The molecule has 0 aliphatic rings. The number of benzene rings is 2. The van der Waals surface area contributed by atoms with Crippen molar-refractivity contribution in [3.8, 4) is 0 Å². The van der Waals surface area contributed by atoms with E-state index in [-0.39, 0.29) is 12.2 Å². The number of rotatable bonds is 6. The van der Waals surface area contributed by atoms with Crippen LogP contribution in [0.15, 0.2) is 60.7 Å². The highest BCUT2D eigenvalue weighted by Gasteiger charge is 2.47. The Balaban J connectivity index is 2.40. The van der Waals surface area contributed by atoms with E-state index in [4.69, 9.17) is 4.74 Å². The van der Waals surface area contributed by atoms with Crippen LogP contribution in [0.5, 0.6) is 0 Å². The Morgan fingerprint density at radius 1 is 0.957 bits per heavy atom. The van der Waals surface area contributed by atoms with E-state index < -0.39 is 18.3 Å². The molecule has 0 amide bonds. The van der Waals surface area contributed by atoms with Crippen LogP contribution in [0, 0.1) is 0 Å². The summed E-state index contributed by atoms with van der Waals surface area (Å²) in [4.78, 5) is 0. The summed E-state index contributed by atoms with van der Waals surface area (Å²) in [6.45, 7) is -0.0695. The van der Waals surface area contributed by atoms with Gasteiger partial charge in [0.1, 0.15) is 0 Å². The molecule has 2 atom stereocenters. The van der Waals surface area contributed by atoms with Crippen molar-refractivity contribution in [1.82, 2.24) is 5.06 Å². The molecule has 2 aromatic carbocycles. The Hall–Kier alpha value is -1.89. The van der Waals surface area contributed by atoms with Crippen LogP contribution >= 0.6 is 0 Å². The molecule has 0 radical (unpaired) electrons. The van der Waals surface area contributed by atoms with Crippen LogP contribution in [0.2, 0.25) is 0 Å². The lowest BCUT2D eigenvalue weighted by atomic mass is 10.0. The van der Waals surface area contributed by atoms with Gasteiger partial charge >= 0.3 is 6.18 Å². The minimum Gasteiger partial charge on any atom is -0.383 e. The first-order chi connectivity index (χ1) is 10.9. The fourth-order valence-corrected chi connectivity index (χ4v) is 2.47. The SMILES string of the molecule is COC[C@@H](c1ccccc1)N(O)[C@H](c1ccccc1)C(F)(F)F. The minimum atomic E-state index is -4.63. The number of hydrogen-bond acceptors (Lipinski definition) is 3. The van der Waals surface area contributed by atoms with Gasteiger partial charge in [0.2, 0.25) is 0 Å². The highest BCUT2D eigenvalue weighted by Crippen LogP contribution is 2.40. The average Bonchev–Trinajstić information content (AvgIpc) is 2.53. The molecular weight excluding hydrogens is 307 g/mol. The van der Waals surface area contributed by atoms with Gasteiger partial charge in [-0.25, -0.2) is 0 Å². The number of halogens is 3. The standard InChI is InChI=1S/C17H18F3NO2/c1-23-12-15(13-8-4-2-5-9-13)21(22)16(17(18,19)20)14-10-6-3-7-11-14/h2-11,15-16,22H,12H2,1H3/t15-,16+/m0/s1. The molecule has 1 N–H and O–H groups in total. The molecule has 3 nitrogen and oxygen atoms in total. The first kappa shape index (κ1) is 17.5. The Bertz CT molecular complexity index is 590. The summed E-state index contributed by atoms with van der Waals surface area (Å²) < 4.78 is 45.6. The summed E-state index contributed by atoms with van der Waals surface area (Å²) in [7, 11) is 1.38. The minimum absolute atomic E-state index is 0.0282. The topological polar surface area (TPSA) is 32.7 Å². The number of hydroxylamine groups is 2. The van der Waals surface area contributed by atoms with Crippen molar-refractivity contribution in [3.63, 3.8) is 0 Å². The Labute approximate surface area is 132 Å². The molecule has 6 heteroatoms. The average molecular weight is 325 g/mol. The predicted octanol–water partition coefficient (Wildman–Crippen LogP) is 4.37. The first-order valence-corrected chi connectivity index (χ1v) is 7.08. The fourth-order valence-electron chi connectivity index (χ4n) is 2.47. The van der Waals surface area contributed by atoms with E-state index >= 15 is 0 Å². The van der Waals surface area contributed by atoms with E-state index in [0.717, 1.165) is 0 Å². The van der Waals surface area contributed by atoms with Crippen LogP contribution in [0.3, 0.4) is 0 Å². The van der Waals surface area contributed by atoms with E-state index in [2.05, 4.69) is 0 Å². The monoisotopic (exact) mass is 325 g/mol. The third kappa shape index (κ3) is 4.31. The molecule has 0 unspecified atom stereocenters. The van der Waals surface area contributed by atoms with Crippen molar-refractivity contribution in [1.29, 1.82) is 0 Å². The summed E-state index contributed by atoms with van der Waals surface area (Å²) >= 11 is 0. The second-order valence-electron chi connectivity index (χ2n) is 5.12. The van der Waals surface area contributed by atoms with Gasteiger partial charge in [-0.1, -0.05) is 60.7 Å². The van der Waals surface area contributed by atoms with E-state index in [1.165, 1.54) is 31.4 Å². The van der Waals surface area contributed by atoms with Gasteiger partial charge in [0, 0.05) is 7.11 Å². The highest BCUT2D eigenvalue weighted by molar-refractivity contribution is 5.23. The molecule has 0 heterocycles. The van der Waals surface area contributed by atoms with Crippen LogP contribution in [0.4, 0.5) is 13.2 Å². The zero-order valence-corrected chi connectivity index (χ0v) is 12.6. The lowest BCUT2D eigenvalue weighted by molar-refractivity contribution is -0.275. The number of alkyl halides is 3. The number of ether oxygens (including phenoxy) is 1. The molecule has 0 spiro atoms. The number of methoxy groups -OCH3 is 1. The molecule has 23 heavy (non-hydrogen) atoms. The van der Waals surface area contributed by atoms with Crippen LogP contribution < -0.4 is 0 Å². The van der Waals surface area contributed by atoms with Gasteiger partial charge in [0.25, 0.3) is 0 Å². The molecule has 0 saturated heterocycles. The maximum Gasteiger partial charge on any atom is 0.410 e. The summed E-state index contributed by atoms with van der Waals surface area (Å²) in [5, 5.41) is 10.7. The first-order valence-electron chi connectivity index (χ1n) is 7.08. The maximum atomic E-state index is 13.5. The lowest BCUT2D eigenvalue weighted by Crippen LogP contribution is -2.40. The molecule has 0 aliphatic carbocycles. The summed E-state index contributed by atoms with van der Waals surface area (Å²) in [5.74, 6) is 0. The summed E-state index contributed by atoms with van der Waals surface area (Å²) in [6, 6.07) is 12.7. The molecule has 2 rings (SSSR count). The van der Waals surface area contributed by atoms with Crippen molar-refractivity contribution in [2.75, 3.05) is 13.7 Å². The van der Waals surface area contributed by atoms with Crippen LogP contribution in [0.25, 0.3) is 0 Å². The van der Waals surface area contributed by atoms with Gasteiger partial charge in [0.15, 0.2) is 6.04 Å². The zero-order valence-electron chi connectivity index (χ0n) is 12.6. The Morgan fingerprint density at radius 2 is 1.43 bits per heavy atom. The van der Waals surface area contributed by atoms with Crippen LogP contribution in [-0.2, 0) is 4.74 Å². The van der Waals surface area contributed by atoms with E-state index in [0.29, 0.717) is 10.6 Å². The van der Waals surface area contributed by atoms with Crippen LogP contribution in [-0.4, -0.2) is 30.2 Å². The molecular formula is C17H18F3NO2. The van der Waals surface area contributed by atoms with E-state index in [9.17, 15) is 18.4 Å². The quantitative estimate of drug-likeness (QED) is 0.801. The van der Waals surface area contributed by atoms with Gasteiger partial charge in [-0.15, -0.1) is 0 Å². The number of nitrogens with zero attached hydrogens (tertiary/aromatic N) is 1. The zero-order chi connectivity index (χ0) is 16.9. The molecule has 0 saturated carbocycles. The molecule has 0 aromatic heterocycles. The van der Waals surface area contributed by atoms with Crippen molar-refractivity contribution in [3.05, 3.63) is 71.8 Å². The largest absolute Gasteiger partial charge is 0.410 e. The van der Waals surface area contributed by atoms with Gasteiger partial charge < -0.3 is 9.94 Å². The summed E-state index contributed by atoms with van der Waals surface area (Å²) in [5.41, 5.74) is 0.515. The second-order valence-corrected chi connectivity index (χ2v) is 5.12. The van der Waals surface area contributed by atoms with Gasteiger partial charge in [-0.05, 0) is 11.1 Å². The normalized spacial score (nSPS) is 14.7. The smallest absolute Gasteiger partial charge is 0.383 e. The Kier molecular flexibility index (Phi) is 5.76.